The van der Waals surface area contributed by atoms with Gasteiger partial charge in [0, 0.05) is 12.5 Å². The van der Waals surface area contributed by atoms with Gasteiger partial charge in [-0.15, -0.1) is 0 Å². The van der Waals surface area contributed by atoms with Crippen LogP contribution in [-0.2, 0) is 33.3 Å². The average Bonchev–Trinajstić information content (AvgIpc) is 3.38. The lowest BCUT2D eigenvalue weighted by molar-refractivity contribution is -0.180. The van der Waals surface area contributed by atoms with Crippen LogP contribution < -0.4 is 0 Å². The molecule has 1 aliphatic heterocycles. The number of hydrogen-bond acceptors (Lipinski definition) is 7. The van der Waals surface area contributed by atoms with Crippen LogP contribution in [0.3, 0.4) is 0 Å². The predicted molar refractivity (Wildman–Crippen MR) is 84.1 cm³/mol. The van der Waals surface area contributed by atoms with Gasteiger partial charge in [0.15, 0.2) is 5.92 Å². The molecule has 1 saturated carbocycles. The molecule has 138 valence electrons. The van der Waals surface area contributed by atoms with E-state index in [1.807, 2.05) is 0 Å². The van der Waals surface area contributed by atoms with E-state index in [2.05, 4.69) is 6.92 Å². The second-order valence-electron chi connectivity index (χ2n) is 6.79. The van der Waals surface area contributed by atoms with Crippen LogP contribution in [-0.4, -0.2) is 58.9 Å². The molecule has 2 rings (SSSR count). The van der Waals surface area contributed by atoms with Gasteiger partial charge in [-0.3, -0.25) is 9.59 Å². The minimum atomic E-state index is -0.947. The molecule has 0 unspecified atom stereocenters. The molecule has 2 fully saturated rings. The van der Waals surface area contributed by atoms with E-state index in [0.29, 0.717) is 6.61 Å². The number of methoxy groups -OCH3 is 3. The maximum absolute atomic E-state index is 12.3. The third-order valence-electron chi connectivity index (χ3n) is 5.33. The maximum atomic E-state index is 12.3. The number of carbonyl (C=O) groups is 2. The summed E-state index contributed by atoms with van der Waals surface area (Å²) in [6.45, 7) is 2.96. The SMILES string of the molecule is COCO[C@@H]1CCC[C@H](C(C(=O)OC)C(=O)OC)[C@@]1(C)C[C@@H]1CO1. The monoisotopic (exact) mass is 344 g/mol. The molecule has 0 spiro atoms. The smallest absolute Gasteiger partial charge is 0.320 e. The highest BCUT2D eigenvalue weighted by atomic mass is 16.7. The van der Waals surface area contributed by atoms with Crippen LogP contribution >= 0.6 is 0 Å². The van der Waals surface area contributed by atoms with Crippen molar-refractivity contribution in [3.05, 3.63) is 0 Å². The normalized spacial score (nSPS) is 32.5. The topological polar surface area (TPSA) is 83.6 Å². The van der Waals surface area contributed by atoms with E-state index in [9.17, 15) is 9.59 Å². The molecule has 1 heterocycles. The standard InChI is InChI=1S/C17H28O7/c1-17(8-11-9-23-11)12(6-5-7-13(17)24-10-20-2)14(15(18)21-3)16(19)22-4/h11-14H,5-10H2,1-4H3/t11-,12-,13-,17-/m1/s1. The average molecular weight is 344 g/mol. The lowest BCUT2D eigenvalue weighted by atomic mass is 9.59. The fourth-order valence-corrected chi connectivity index (χ4v) is 4.03. The van der Waals surface area contributed by atoms with Crippen molar-refractivity contribution in [2.45, 2.75) is 44.8 Å². The van der Waals surface area contributed by atoms with E-state index in [0.717, 1.165) is 25.7 Å². The van der Waals surface area contributed by atoms with E-state index in [1.54, 1.807) is 7.11 Å². The Labute approximate surface area is 142 Å². The summed E-state index contributed by atoms with van der Waals surface area (Å²) < 4.78 is 26.1. The molecule has 24 heavy (non-hydrogen) atoms. The molecule has 0 amide bonds. The van der Waals surface area contributed by atoms with Crippen LogP contribution in [0, 0.1) is 17.3 Å². The first kappa shape index (κ1) is 19.1. The molecule has 4 atom stereocenters. The quantitative estimate of drug-likeness (QED) is 0.286. The van der Waals surface area contributed by atoms with Gasteiger partial charge >= 0.3 is 11.9 Å². The highest BCUT2D eigenvalue weighted by molar-refractivity contribution is 5.95. The number of epoxide rings is 1. The van der Waals surface area contributed by atoms with Crippen molar-refractivity contribution in [1.82, 2.24) is 0 Å². The van der Waals surface area contributed by atoms with E-state index in [-0.39, 0.29) is 24.9 Å². The summed E-state index contributed by atoms with van der Waals surface area (Å²) in [6.07, 6.45) is 3.24. The van der Waals surface area contributed by atoms with Crippen molar-refractivity contribution < 1.29 is 33.3 Å². The van der Waals surface area contributed by atoms with E-state index < -0.39 is 23.3 Å². The molecule has 1 aliphatic carbocycles. The zero-order valence-electron chi connectivity index (χ0n) is 14.9. The zero-order chi connectivity index (χ0) is 17.7. The number of ether oxygens (including phenoxy) is 5. The summed E-state index contributed by atoms with van der Waals surface area (Å²) in [6, 6.07) is 0. The molecule has 7 heteroatoms. The van der Waals surface area contributed by atoms with Crippen LogP contribution in [0.2, 0.25) is 0 Å². The Kier molecular flexibility index (Phi) is 6.60. The summed E-state index contributed by atoms with van der Waals surface area (Å²) in [5.41, 5.74) is -0.398. The van der Waals surface area contributed by atoms with Gasteiger partial charge in [0.05, 0.1) is 33.0 Å². The van der Waals surface area contributed by atoms with Crippen molar-refractivity contribution in [3.63, 3.8) is 0 Å². The second-order valence-corrected chi connectivity index (χ2v) is 6.79. The first-order valence-electron chi connectivity index (χ1n) is 8.35. The molecule has 0 aromatic carbocycles. The van der Waals surface area contributed by atoms with Crippen molar-refractivity contribution >= 4 is 11.9 Å². The number of hydrogen-bond donors (Lipinski definition) is 0. The summed E-state index contributed by atoms with van der Waals surface area (Å²) in [5, 5.41) is 0. The Bertz CT molecular complexity index is 432. The molecule has 0 aromatic heterocycles. The molecule has 1 saturated heterocycles. The van der Waals surface area contributed by atoms with Crippen LogP contribution in [0.1, 0.15) is 32.6 Å². The number of esters is 2. The highest BCUT2D eigenvalue weighted by Gasteiger charge is 2.54. The highest BCUT2D eigenvalue weighted by Crippen LogP contribution is 2.51. The second kappa shape index (κ2) is 8.27. The van der Waals surface area contributed by atoms with Gasteiger partial charge in [-0.25, -0.2) is 0 Å². The summed E-state index contributed by atoms with van der Waals surface area (Å²) in [5.74, 6) is -2.28. The zero-order valence-corrected chi connectivity index (χ0v) is 14.9. The maximum Gasteiger partial charge on any atom is 0.320 e. The largest absolute Gasteiger partial charge is 0.468 e. The van der Waals surface area contributed by atoms with Gasteiger partial charge < -0.3 is 23.7 Å². The van der Waals surface area contributed by atoms with E-state index in [1.165, 1.54) is 14.2 Å². The van der Waals surface area contributed by atoms with Crippen LogP contribution in [0.25, 0.3) is 0 Å². The Morgan fingerprint density at radius 2 is 1.79 bits per heavy atom. The minimum absolute atomic E-state index is 0.114. The first-order chi connectivity index (χ1) is 11.5. The molecule has 0 bridgehead atoms. The molecule has 0 radical (unpaired) electrons. The minimum Gasteiger partial charge on any atom is -0.468 e. The Balaban J connectivity index is 2.30. The van der Waals surface area contributed by atoms with Gasteiger partial charge in [-0.2, -0.15) is 0 Å². The molecular weight excluding hydrogens is 316 g/mol. The summed E-state index contributed by atoms with van der Waals surface area (Å²) in [4.78, 5) is 24.6. The lowest BCUT2D eigenvalue weighted by Crippen LogP contribution is -2.51. The molecule has 7 nitrogen and oxygen atoms in total. The van der Waals surface area contributed by atoms with Crippen molar-refractivity contribution in [3.8, 4) is 0 Å². The Hall–Kier alpha value is -1.18. The summed E-state index contributed by atoms with van der Waals surface area (Å²) in [7, 11) is 4.16. The fraction of sp³-hybridized carbons (Fsp3) is 0.882. The van der Waals surface area contributed by atoms with Gasteiger partial charge in [0.25, 0.3) is 0 Å². The molecule has 0 aromatic rings. The third kappa shape index (κ3) is 4.07. The lowest BCUT2D eigenvalue weighted by Gasteiger charge is -2.48. The molecule has 2 aliphatic rings. The third-order valence-corrected chi connectivity index (χ3v) is 5.33. The molecule has 0 N–H and O–H groups in total. The molecular formula is C17H28O7. The van der Waals surface area contributed by atoms with Crippen LogP contribution in [0.15, 0.2) is 0 Å². The van der Waals surface area contributed by atoms with Crippen LogP contribution in [0.4, 0.5) is 0 Å². The summed E-state index contributed by atoms with van der Waals surface area (Å²) >= 11 is 0. The van der Waals surface area contributed by atoms with Crippen molar-refractivity contribution in [1.29, 1.82) is 0 Å². The van der Waals surface area contributed by atoms with Gasteiger partial charge in [-0.05, 0) is 25.2 Å². The van der Waals surface area contributed by atoms with Gasteiger partial charge in [-0.1, -0.05) is 13.3 Å². The number of carbonyl (C=O) groups excluding carboxylic acids is 2. The van der Waals surface area contributed by atoms with E-state index >= 15 is 0 Å². The van der Waals surface area contributed by atoms with Gasteiger partial charge in [0.1, 0.15) is 6.79 Å². The fourth-order valence-electron chi connectivity index (χ4n) is 4.03. The van der Waals surface area contributed by atoms with Gasteiger partial charge in [0.2, 0.25) is 0 Å². The van der Waals surface area contributed by atoms with Crippen molar-refractivity contribution in [2.75, 3.05) is 34.7 Å². The van der Waals surface area contributed by atoms with Crippen molar-refractivity contribution in [2.24, 2.45) is 17.3 Å². The Morgan fingerprint density at radius 3 is 2.29 bits per heavy atom. The Morgan fingerprint density at radius 1 is 1.17 bits per heavy atom. The first-order valence-corrected chi connectivity index (χ1v) is 8.35. The van der Waals surface area contributed by atoms with E-state index in [4.69, 9.17) is 23.7 Å². The number of rotatable bonds is 8. The van der Waals surface area contributed by atoms with Crippen LogP contribution in [0.5, 0.6) is 0 Å². The predicted octanol–water partition coefficient (Wildman–Crippen LogP) is 1.53.